The van der Waals surface area contributed by atoms with E-state index in [0.29, 0.717) is 0 Å². The number of hydrogen-bond acceptors (Lipinski definition) is 2. The van der Waals surface area contributed by atoms with Crippen molar-refractivity contribution >= 4 is 22.8 Å². The van der Waals surface area contributed by atoms with Crippen molar-refractivity contribution in [1.29, 1.82) is 0 Å². The van der Waals surface area contributed by atoms with E-state index in [2.05, 4.69) is 76.2 Å². The van der Waals surface area contributed by atoms with Gasteiger partial charge in [0.2, 0.25) is 0 Å². The molecular weight excluding hydrogens is 412 g/mol. The van der Waals surface area contributed by atoms with Gasteiger partial charge in [-0.15, -0.1) is 0 Å². The highest BCUT2D eigenvalue weighted by atomic mass is 14.8. The minimum Gasteiger partial charge on any atom is -0.252 e. The summed E-state index contributed by atoms with van der Waals surface area (Å²) in [6.45, 7) is 9.08. The van der Waals surface area contributed by atoms with Crippen LogP contribution in [0.4, 0.5) is 11.4 Å². The second kappa shape index (κ2) is 17.2. The first-order chi connectivity index (χ1) is 16.7. The first-order valence-electron chi connectivity index (χ1n) is 14.0. The molecule has 0 aromatic heterocycles. The van der Waals surface area contributed by atoms with Gasteiger partial charge in [0.1, 0.15) is 0 Å². The van der Waals surface area contributed by atoms with Gasteiger partial charge in [-0.3, -0.25) is 9.98 Å². The summed E-state index contributed by atoms with van der Waals surface area (Å²) in [6, 6.07) is 17.5. The number of rotatable bonds is 17. The van der Waals surface area contributed by atoms with Gasteiger partial charge < -0.3 is 0 Å². The number of para-hydroxylation sites is 1. The SMILES string of the molecule is CCCCCCC(=Nc1ccccc1)C(CCCC)=Nc1cc(CCCC)cc(CCCC)c1. The third-order valence-electron chi connectivity index (χ3n) is 6.33. The maximum atomic E-state index is 5.31. The van der Waals surface area contributed by atoms with Gasteiger partial charge in [-0.2, -0.15) is 0 Å². The Labute approximate surface area is 210 Å². The topological polar surface area (TPSA) is 24.7 Å². The molecule has 0 bridgehead atoms. The zero-order valence-electron chi connectivity index (χ0n) is 22.4. The molecule has 0 saturated heterocycles. The number of hydrogen-bond donors (Lipinski definition) is 0. The van der Waals surface area contributed by atoms with Crippen LogP contribution < -0.4 is 0 Å². The normalized spacial score (nSPS) is 12.4. The van der Waals surface area contributed by atoms with Crippen molar-refractivity contribution < 1.29 is 0 Å². The van der Waals surface area contributed by atoms with Crippen LogP contribution >= 0.6 is 0 Å². The Morgan fingerprint density at radius 2 is 1.06 bits per heavy atom. The van der Waals surface area contributed by atoms with E-state index < -0.39 is 0 Å². The Balaban J connectivity index is 2.45. The molecule has 186 valence electrons. The minimum absolute atomic E-state index is 0.999. The summed E-state index contributed by atoms with van der Waals surface area (Å²) >= 11 is 0. The number of aryl methyl sites for hydroxylation is 2. The molecular formula is C32H48N2. The molecule has 0 aliphatic heterocycles. The van der Waals surface area contributed by atoms with E-state index in [0.717, 1.165) is 43.5 Å². The Kier molecular flexibility index (Phi) is 14.2. The quantitative estimate of drug-likeness (QED) is 0.166. The summed E-state index contributed by atoms with van der Waals surface area (Å²) < 4.78 is 0. The van der Waals surface area contributed by atoms with Crippen LogP contribution in [0.25, 0.3) is 0 Å². The highest BCUT2D eigenvalue weighted by Crippen LogP contribution is 2.24. The second-order valence-electron chi connectivity index (χ2n) is 9.58. The van der Waals surface area contributed by atoms with Gasteiger partial charge in [-0.1, -0.05) is 90.5 Å². The summed E-state index contributed by atoms with van der Waals surface area (Å²) in [5, 5.41) is 0. The monoisotopic (exact) mass is 460 g/mol. The summed E-state index contributed by atoms with van der Waals surface area (Å²) in [5.41, 5.74) is 7.42. The zero-order chi connectivity index (χ0) is 24.4. The van der Waals surface area contributed by atoms with E-state index in [1.54, 1.807) is 0 Å². The van der Waals surface area contributed by atoms with Crippen molar-refractivity contribution in [3.8, 4) is 0 Å². The molecule has 0 atom stereocenters. The maximum absolute atomic E-state index is 5.31. The fourth-order valence-electron chi connectivity index (χ4n) is 4.27. The summed E-state index contributed by atoms with van der Waals surface area (Å²) in [5.74, 6) is 0. The molecule has 0 aliphatic carbocycles. The summed E-state index contributed by atoms with van der Waals surface area (Å²) in [6.07, 6.45) is 16.5. The predicted octanol–water partition coefficient (Wildman–Crippen LogP) is 10.4. The van der Waals surface area contributed by atoms with Crippen molar-refractivity contribution in [2.24, 2.45) is 9.98 Å². The van der Waals surface area contributed by atoms with E-state index in [4.69, 9.17) is 9.98 Å². The maximum Gasteiger partial charge on any atom is 0.0639 e. The molecule has 0 unspecified atom stereocenters. The molecule has 0 aliphatic rings. The first-order valence-corrected chi connectivity index (χ1v) is 14.0. The fourth-order valence-corrected chi connectivity index (χ4v) is 4.27. The summed E-state index contributed by atoms with van der Waals surface area (Å²) in [4.78, 5) is 10.5. The molecule has 2 heteroatoms. The Hall–Kier alpha value is -2.22. The molecule has 2 aromatic carbocycles. The lowest BCUT2D eigenvalue weighted by Gasteiger charge is -2.13. The number of benzene rings is 2. The molecule has 0 amide bonds. The van der Waals surface area contributed by atoms with Crippen LogP contribution in [0.5, 0.6) is 0 Å². The molecule has 2 aromatic rings. The lowest BCUT2D eigenvalue weighted by molar-refractivity contribution is 0.683. The van der Waals surface area contributed by atoms with Crippen LogP contribution in [-0.2, 0) is 12.8 Å². The average molecular weight is 461 g/mol. The van der Waals surface area contributed by atoms with Gasteiger partial charge in [0.25, 0.3) is 0 Å². The average Bonchev–Trinajstić information content (AvgIpc) is 2.86. The van der Waals surface area contributed by atoms with Gasteiger partial charge >= 0.3 is 0 Å². The van der Waals surface area contributed by atoms with Crippen molar-refractivity contribution in [3.63, 3.8) is 0 Å². The van der Waals surface area contributed by atoms with Crippen molar-refractivity contribution in [1.82, 2.24) is 0 Å². The Morgan fingerprint density at radius 3 is 1.62 bits per heavy atom. The molecule has 2 nitrogen and oxygen atoms in total. The van der Waals surface area contributed by atoms with Gasteiger partial charge in [-0.05, 0) is 86.8 Å². The van der Waals surface area contributed by atoms with E-state index in [-0.39, 0.29) is 0 Å². The van der Waals surface area contributed by atoms with E-state index in [1.165, 1.54) is 80.3 Å². The van der Waals surface area contributed by atoms with Crippen LogP contribution in [0.2, 0.25) is 0 Å². The highest BCUT2D eigenvalue weighted by molar-refractivity contribution is 6.43. The number of aliphatic imine (C=N–C) groups is 2. The molecule has 0 heterocycles. The minimum atomic E-state index is 0.999. The Morgan fingerprint density at radius 1 is 0.529 bits per heavy atom. The molecule has 2 rings (SSSR count). The van der Waals surface area contributed by atoms with Crippen LogP contribution in [-0.4, -0.2) is 11.4 Å². The molecule has 0 fully saturated rings. The third kappa shape index (κ3) is 10.8. The highest BCUT2D eigenvalue weighted by Gasteiger charge is 2.11. The molecule has 0 spiro atoms. The van der Waals surface area contributed by atoms with Crippen molar-refractivity contribution in [2.75, 3.05) is 0 Å². The number of nitrogens with zero attached hydrogens (tertiary/aromatic N) is 2. The van der Waals surface area contributed by atoms with E-state index in [9.17, 15) is 0 Å². The van der Waals surface area contributed by atoms with Crippen LogP contribution in [0.1, 0.15) is 116 Å². The second-order valence-corrected chi connectivity index (χ2v) is 9.58. The van der Waals surface area contributed by atoms with E-state index >= 15 is 0 Å². The van der Waals surface area contributed by atoms with Crippen LogP contribution in [0.3, 0.4) is 0 Å². The van der Waals surface area contributed by atoms with Gasteiger partial charge in [-0.25, -0.2) is 0 Å². The Bertz CT molecular complexity index is 838. The van der Waals surface area contributed by atoms with E-state index in [1.807, 2.05) is 0 Å². The lowest BCUT2D eigenvalue weighted by Crippen LogP contribution is -2.14. The fraction of sp³-hybridized carbons (Fsp3) is 0.562. The largest absolute Gasteiger partial charge is 0.252 e. The van der Waals surface area contributed by atoms with Crippen LogP contribution in [0, 0.1) is 0 Å². The molecule has 0 radical (unpaired) electrons. The van der Waals surface area contributed by atoms with Crippen molar-refractivity contribution in [3.05, 3.63) is 59.7 Å². The van der Waals surface area contributed by atoms with Crippen LogP contribution in [0.15, 0.2) is 58.5 Å². The molecule has 0 saturated carbocycles. The van der Waals surface area contributed by atoms with Crippen molar-refractivity contribution in [2.45, 2.75) is 118 Å². The lowest BCUT2D eigenvalue weighted by atomic mass is 10.00. The standard InChI is InChI=1S/C32H48N2/c1-5-9-13-17-23-32(33-29-20-15-14-16-21-29)31(22-12-8-4)34-30-25-27(18-10-6-2)24-28(26-30)19-11-7-3/h14-16,20-21,24-26H,5-13,17-19,22-23H2,1-4H3. The van der Waals surface area contributed by atoms with Gasteiger partial charge in [0.05, 0.1) is 22.8 Å². The van der Waals surface area contributed by atoms with Gasteiger partial charge in [0, 0.05) is 0 Å². The molecule has 34 heavy (non-hydrogen) atoms. The summed E-state index contributed by atoms with van der Waals surface area (Å²) in [7, 11) is 0. The zero-order valence-corrected chi connectivity index (χ0v) is 22.4. The third-order valence-corrected chi connectivity index (χ3v) is 6.33. The van der Waals surface area contributed by atoms with Gasteiger partial charge in [0.15, 0.2) is 0 Å². The number of unbranched alkanes of at least 4 members (excludes halogenated alkanes) is 6. The first kappa shape index (κ1) is 28.0. The smallest absolute Gasteiger partial charge is 0.0639 e. The molecule has 0 N–H and O–H groups in total. The predicted molar refractivity (Wildman–Crippen MR) is 153 cm³/mol.